The Hall–Kier alpha value is -1.06. The fourth-order valence-corrected chi connectivity index (χ4v) is 1.74. The van der Waals surface area contributed by atoms with Gasteiger partial charge >= 0.3 is 0 Å². The van der Waals surface area contributed by atoms with E-state index in [4.69, 9.17) is 21.1 Å². The van der Waals surface area contributed by atoms with Gasteiger partial charge in [0.1, 0.15) is 16.2 Å². The number of aliphatic hydroxyl groups is 3. The van der Waals surface area contributed by atoms with Crippen LogP contribution < -0.4 is 11.1 Å². The summed E-state index contributed by atoms with van der Waals surface area (Å²) in [6, 6.07) is 0. The topological polar surface area (TPSA) is 129 Å². The van der Waals surface area contributed by atoms with Crippen molar-refractivity contribution >= 4 is 17.2 Å². The SMILES string of the molecule is NCc1nc(C(=O)NC(CO)(CO)CO)cs1. The lowest BCUT2D eigenvalue weighted by molar-refractivity contribution is 0.0373. The number of aromatic nitrogens is 1. The van der Waals surface area contributed by atoms with Gasteiger partial charge in [-0.2, -0.15) is 0 Å². The number of nitrogens with one attached hydrogen (secondary N) is 1. The predicted molar refractivity (Wildman–Crippen MR) is 61.5 cm³/mol. The molecule has 17 heavy (non-hydrogen) atoms. The Labute approximate surface area is 102 Å². The van der Waals surface area contributed by atoms with E-state index in [0.717, 1.165) is 0 Å². The quantitative estimate of drug-likeness (QED) is 0.405. The predicted octanol–water partition coefficient (Wildman–Crippen LogP) is -1.95. The molecule has 6 N–H and O–H groups in total. The maximum atomic E-state index is 11.7. The standard InChI is InChI=1S/C9H15N3O4S/c10-1-7-11-6(2-17-7)8(16)12-9(3-13,4-14)5-15/h2,13-15H,1,3-5,10H2,(H,12,16). The highest BCUT2D eigenvalue weighted by Crippen LogP contribution is 2.10. The largest absolute Gasteiger partial charge is 0.394 e. The van der Waals surface area contributed by atoms with E-state index >= 15 is 0 Å². The molecule has 8 heteroatoms. The van der Waals surface area contributed by atoms with Gasteiger partial charge in [-0.1, -0.05) is 0 Å². The lowest BCUT2D eigenvalue weighted by Crippen LogP contribution is -2.57. The molecule has 0 aliphatic carbocycles. The van der Waals surface area contributed by atoms with E-state index in [1.54, 1.807) is 0 Å². The second kappa shape index (κ2) is 6.03. The maximum absolute atomic E-state index is 11.7. The smallest absolute Gasteiger partial charge is 0.271 e. The van der Waals surface area contributed by atoms with Crippen LogP contribution in [0, 0.1) is 0 Å². The van der Waals surface area contributed by atoms with Gasteiger partial charge in [0.2, 0.25) is 0 Å². The number of nitrogens with two attached hydrogens (primary N) is 1. The van der Waals surface area contributed by atoms with Crippen molar-refractivity contribution in [2.75, 3.05) is 19.8 Å². The highest BCUT2D eigenvalue weighted by molar-refractivity contribution is 7.09. The Balaban J connectivity index is 2.77. The minimum atomic E-state index is -1.44. The molecule has 0 aliphatic heterocycles. The van der Waals surface area contributed by atoms with Crippen LogP contribution in [-0.4, -0.2) is 51.6 Å². The summed E-state index contributed by atoms with van der Waals surface area (Å²) in [7, 11) is 0. The number of nitrogens with zero attached hydrogens (tertiary/aromatic N) is 1. The van der Waals surface area contributed by atoms with Crippen LogP contribution in [0.1, 0.15) is 15.5 Å². The zero-order valence-corrected chi connectivity index (χ0v) is 9.90. The third-order valence-corrected chi connectivity index (χ3v) is 3.12. The summed E-state index contributed by atoms with van der Waals surface area (Å²) in [5.74, 6) is -0.571. The summed E-state index contributed by atoms with van der Waals surface area (Å²) in [4.78, 5) is 15.7. The van der Waals surface area contributed by atoms with Crippen LogP contribution in [0.25, 0.3) is 0 Å². The number of carbonyl (C=O) groups excluding carboxylic acids is 1. The number of amides is 1. The van der Waals surface area contributed by atoms with Gasteiger partial charge in [-0.25, -0.2) is 4.98 Å². The molecule has 0 radical (unpaired) electrons. The molecule has 0 fully saturated rings. The summed E-state index contributed by atoms with van der Waals surface area (Å²) in [5, 5.41) is 31.6. The molecule has 1 aromatic rings. The molecule has 0 unspecified atom stereocenters. The van der Waals surface area contributed by atoms with Gasteiger partial charge < -0.3 is 26.4 Å². The number of thiazole rings is 1. The third-order valence-electron chi connectivity index (χ3n) is 2.25. The second-order valence-corrected chi connectivity index (χ2v) is 4.48. The van der Waals surface area contributed by atoms with E-state index < -0.39 is 31.3 Å². The third kappa shape index (κ3) is 3.20. The zero-order chi connectivity index (χ0) is 12.9. The number of carbonyl (C=O) groups is 1. The van der Waals surface area contributed by atoms with Crippen molar-refractivity contribution in [2.45, 2.75) is 12.1 Å². The van der Waals surface area contributed by atoms with Crippen LogP contribution in [0.3, 0.4) is 0 Å². The molecule has 96 valence electrons. The van der Waals surface area contributed by atoms with Crippen molar-refractivity contribution in [3.05, 3.63) is 16.1 Å². The molecule has 1 amide bonds. The molecule has 0 bridgehead atoms. The highest BCUT2D eigenvalue weighted by Gasteiger charge is 2.30. The van der Waals surface area contributed by atoms with Gasteiger partial charge in [0.05, 0.1) is 19.8 Å². The van der Waals surface area contributed by atoms with E-state index in [1.807, 2.05) is 0 Å². The average molecular weight is 261 g/mol. The first-order chi connectivity index (χ1) is 8.10. The Morgan fingerprint density at radius 1 is 1.41 bits per heavy atom. The number of hydrogen-bond donors (Lipinski definition) is 5. The summed E-state index contributed by atoms with van der Waals surface area (Å²) < 4.78 is 0. The number of rotatable bonds is 6. The molecular weight excluding hydrogens is 246 g/mol. The van der Waals surface area contributed by atoms with Crippen LogP contribution in [0.5, 0.6) is 0 Å². The van der Waals surface area contributed by atoms with Gasteiger partial charge in [0, 0.05) is 11.9 Å². The van der Waals surface area contributed by atoms with Crippen molar-refractivity contribution in [1.29, 1.82) is 0 Å². The Morgan fingerprint density at radius 2 is 2.00 bits per heavy atom. The first kappa shape index (κ1) is 14.0. The van der Waals surface area contributed by atoms with E-state index in [-0.39, 0.29) is 12.2 Å². The molecule has 0 aliphatic rings. The fraction of sp³-hybridized carbons (Fsp3) is 0.556. The first-order valence-corrected chi connectivity index (χ1v) is 5.78. The fourth-order valence-electron chi connectivity index (χ4n) is 1.08. The molecule has 0 spiro atoms. The molecule has 0 aromatic carbocycles. The summed E-state index contributed by atoms with van der Waals surface area (Å²) in [6.07, 6.45) is 0. The van der Waals surface area contributed by atoms with Crippen molar-refractivity contribution in [2.24, 2.45) is 5.73 Å². The van der Waals surface area contributed by atoms with E-state index in [2.05, 4.69) is 10.3 Å². The minimum absolute atomic E-state index is 0.148. The van der Waals surface area contributed by atoms with Crippen LogP contribution >= 0.6 is 11.3 Å². The molecule has 1 heterocycles. The Kier molecular flexibility index (Phi) is 4.97. The molecule has 7 nitrogen and oxygen atoms in total. The highest BCUT2D eigenvalue weighted by atomic mass is 32.1. The molecule has 0 saturated carbocycles. The molecule has 0 saturated heterocycles. The van der Waals surface area contributed by atoms with E-state index in [0.29, 0.717) is 5.01 Å². The minimum Gasteiger partial charge on any atom is -0.394 e. The van der Waals surface area contributed by atoms with Crippen LogP contribution in [0.2, 0.25) is 0 Å². The first-order valence-electron chi connectivity index (χ1n) is 4.90. The van der Waals surface area contributed by atoms with Gasteiger partial charge in [0.15, 0.2) is 0 Å². The van der Waals surface area contributed by atoms with E-state index in [1.165, 1.54) is 16.7 Å². The van der Waals surface area contributed by atoms with Gasteiger partial charge in [-0.05, 0) is 0 Å². The monoisotopic (exact) mass is 261 g/mol. The van der Waals surface area contributed by atoms with Crippen molar-refractivity contribution in [1.82, 2.24) is 10.3 Å². The lowest BCUT2D eigenvalue weighted by Gasteiger charge is -2.28. The Bertz CT molecular complexity index is 370. The van der Waals surface area contributed by atoms with Crippen LogP contribution in [-0.2, 0) is 6.54 Å². The van der Waals surface area contributed by atoms with Crippen molar-refractivity contribution in [3.63, 3.8) is 0 Å². The van der Waals surface area contributed by atoms with Gasteiger partial charge in [0.25, 0.3) is 5.91 Å². The van der Waals surface area contributed by atoms with Crippen molar-refractivity contribution in [3.8, 4) is 0 Å². The number of hydrogen-bond acceptors (Lipinski definition) is 7. The zero-order valence-electron chi connectivity index (χ0n) is 9.09. The maximum Gasteiger partial charge on any atom is 0.271 e. The summed E-state index contributed by atoms with van der Waals surface area (Å²) in [6.45, 7) is -1.47. The van der Waals surface area contributed by atoms with Gasteiger partial charge in [-0.3, -0.25) is 4.79 Å². The lowest BCUT2D eigenvalue weighted by atomic mass is 10.0. The van der Waals surface area contributed by atoms with Gasteiger partial charge in [-0.15, -0.1) is 11.3 Å². The average Bonchev–Trinajstić information content (AvgIpc) is 2.85. The van der Waals surface area contributed by atoms with Crippen LogP contribution in [0.4, 0.5) is 0 Å². The summed E-state index contributed by atoms with van der Waals surface area (Å²) >= 11 is 1.24. The second-order valence-electron chi connectivity index (χ2n) is 3.54. The van der Waals surface area contributed by atoms with Crippen LogP contribution in [0.15, 0.2) is 5.38 Å². The Morgan fingerprint density at radius 3 is 2.41 bits per heavy atom. The molecule has 1 rings (SSSR count). The van der Waals surface area contributed by atoms with Crippen molar-refractivity contribution < 1.29 is 20.1 Å². The summed E-state index contributed by atoms with van der Waals surface area (Å²) in [5.41, 5.74) is 4.07. The van der Waals surface area contributed by atoms with E-state index in [9.17, 15) is 4.79 Å². The molecule has 1 aromatic heterocycles. The normalized spacial score (nSPS) is 11.5. The molecule has 0 atom stereocenters. The molecular formula is C9H15N3O4S. The number of aliphatic hydroxyl groups excluding tert-OH is 3.